The molecule has 0 radical (unpaired) electrons. The predicted molar refractivity (Wildman–Crippen MR) is 44.6 cm³/mol. The van der Waals surface area contributed by atoms with Crippen LogP contribution >= 0.6 is 0 Å². The molecule has 3 N–H and O–H groups in total. The van der Waals surface area contributed by atoms with E-state index in [-0.39, 0.29) is 12.6 Å². The highest BCUT2D eigenvalue weighted by atomic mass is 16.3. The maximum absolute atomic E-state index is 8.80. The fourth-order valence-corrected chi connectivity index (χ4v) is 1.56. The summed E-state index contributed by atoms with van der Waals surface area (Å²) in [6.45, 7) is 0.962. The molecule has 0 saturated heterocycles. The topological polar surface area (TPSA) is 64.1 Å². The van der Waals surface area contributed by atoms with Crippen LogP contribution in [0.25, 0.3) is 0 Å². The molecule has 2 heterocycles. The van der Waals surface area contributed by atoms with Crippen molar-refractivity contribution in [2.24, 2.45) is 5.73 Å². The Balaban J connectivity index is 2.25. The van der Waals surface area contributed by atoms with Crippen molar-refractivity contribution < 1.29 is 5.11 Å². The summed E-state index contributed by atoms with van der Waals surface area (Å²) in [5, 5.41) is 13.1. The van der Waals surface area contributed by atoms with Crippen LogP contribution in [0.15, 0.2) is 6.07 Å². The van der Waals surface area contributed by atoms with Crippen LogP contribution in [0, 0.1) is 0 Å². The highest BCUT2D eigenvalue weighted by Crippen LogP contribution is 2.17. The zero-order chi connectivity index (χ0) is 8.55. The van der Waals surface area contributed by atoms with Crippen molar-refractivity contribution in [1.29, 1.82) is 0 Å². The lowest BCUT2D eigenvalue weighted by Crippen LogP contribution is -2.15. The number of aliphatic hydroxyl groups excluding tert-OH is 1. The normalized spacial score (nSPS) is 17.8. The number of rotatable bonds is 2. The van der Waals surface area contributed by atoms with Gasteiger partial charge in [-0.1, -0.05) is 0 Å². The van der Waals surface area contributed by atoms with Gasteiger partial charge in [-0.2, -0.15) is 5.10 Å². The van der Waals surface area contributed by atoms with Crippen LogP contribution in [-0.4, -0.2) is 21.5 Å². The number of aliphatic hydroxyl groups is 1. The van der Waals surface area contributed by atoms with Crippen LogP contribution < -0.4 is 5.73 Å². The van der Waals surface area contributed by atoms with E-state index in [1.54, 1.807) is 0 Å². The third-order valence-corrected chi connectivity index (χ3v) is 2.26. The monoisotopic (exact) mass is 167 g/mol. The Kier molecular flexibility index (Phi) is 1.86. The SMILES string of the molecule is NC(CO)c1cc2n(n1)CCC2. The molecule has 0 aliphatic carbocycles. The number of aryl methyl sites for hydroxylation is 2. The summed E-state index contributed by atoms with van der Waals surface area (Å²) in [7, 11) is 0. The smallest absolute Gasteiger partial charge is 0.0818 e. The Morgan fingerprint density at radius 2 is 2.58 bits per heavy atom. The number of hydrogen-bond acceptors (Lipinski definition) is 3. The molecule has 1 unspecified atom stereocenters. The third kappa shape index (κ3) is 1.13. The van der Waals surface area contributed by atoms with Gasteiger partial charge in [0, 0.05) is 12.2 Å². The van der Waals surface area contributed by atoms with Crippen molar-refractivity contribution in [3.8, 4) is 0 Å². The summed E-state index contributed by atoms with van der Waals surface area (Å²) in [6, 6.07) is 1.68. The van der Waals surface area contributed by atoms with Crippen LogP contribution in [0.3, 0.4) is 0 Å². The minimum absolute atomic E-state index is 0.0313. The molecule has 0 aromatic carbocycles. The fourth-order valence-electron chi connectivity index (χ4n) is 1.56. The highest BCUT2D eigenvalue weighted by molar-refractivity contribution is 5.15. The van der Waals surface area contributed by atoms with Crippen molar-refractivity contribution in [2.45, 2.75) is 25.4 Å². The molecule has 66 valence electrons. The Hall–Kier alpha value is -0.870. The molecule has 4 heteroatoms. The molecule has 12 heavy (non-hydrogen) atoms. The van der Waals surface area contributed by atoms with Gasteiger partial charge in [0.25, 0.3) is 0 Å². The molecule has 2 rings (SSSR count). The van der Waals surface area contributed by atoms with Crippen molar-refractivity contribution in [2.75, 3.05) is 6.61 Å². The lowest BCUT2D eigenvalue weighted by molar-refractivity contribution is 0.265. The molecule has 4 nitrogen and oxygen atoms in total. The number of aromatic nitrogens is 2. The zero-order valence-electron chi connectivity index (χ0n) is 6.90. The van der Waals surface area contributed by atoms with Gasteiger partial charge in [-0.3, -0.25) is 4.68 Å². The standard InChI is InChI=1S/C8H13N3O/c9-7(5-12)8-4-6-2-1-3-11(6)10-8/h4,7,12H,1-3,5,9H2. The number of hydrogen-bond donors (Lipinski definition) is 2. The molecule has 0 amide bonds. The summed E-state index contributed by atoms with van der Waals surface area (Å²) < 4.78 is 1.98. The first-order valence-electron chi connectivity index (χ1n) is 4.24. The minimum Gasteiger partial charge on any atom is -0.394 e. The average molecular weight is 167 g/mol. The zero-order valence-corrected chi connectivity index (χ0v) is 6.90. The van der Waals surface area contributed by atoms with E-state index < -0.39 is 0 Å². The van der Waals surface area contributed by atoms with E-state index in [1.807, 2.05) is 10.7 Å². The maximum atomic E-state index is 8.80. The van der Waals surface area contributed by atoms with Gasteiger partial charge in [-0.25, -0.2) is 0 Å². The van der Waals surface area contributed by atoms with Gasteiger partial charge in [0.1, 0.15) is 0 Å². The van der Waals surface area contributed by atoms with Gasteiger partial charge < -0.3 is 10.8 Å². The molecular weight excluding hydrogens is 154 g/mol. The van der Waals surface area contributed by atoms with Crippen LogP contribution in [-0.2, 0) is 13.0 Å². The Bertz CT molecular complexity index is 260. The average Bonchev–Trinajstić information content (AvgIpc) is 2.60. The summed E-state index contributed by atoms with van der Waals surface area (Å²) >= 11 is 0. The van der Waals surface area contributed by atoms with Gasteiger partial charge in [-0.05, 0) is 18.9 Å². The van der Waals surface area contributed by atoms with Gasteiger partial charge >= 0.3 is 0 Å². The second-order valence-corrected chi connectivity index (χ2v) is 3.18. The summed E-state index contributed by atoms with van der Waals surface area (Å²) in [6.07, 6.45) is 2.27. The molecule has 0 fully saturated rings. The third-order valence-electron chi connectivity index (χ3n) is 2.26. The van der Waals surface area contributed by atoms with E-state index in [0.717, 1.165) is 18.7 Å². The van der Waals surface area contributed by atoms with Crippen molar-refractivity contribution in [3.05, 3.63) is 17.5 Å². The van der Waals surface area contributed by atoms with Gasteiger partial charge in [0.15, 0.2) is 0 Å². The summed E-state index contributed by atoms with van der Waals surface area (Å²) in [5.74, 6) is 0. The van der Waals surface area contributed by atoms with E-state index in [2.05, 4.69) is 5.10 Å². The molecular formula is C8H13N3O. The highest BCUT2D eigenvalue weighted by Gasteiger charge is 2.16. The Morgan fingerprint density at radius 1 is 1.75 bits per heavy atom. The van der Waals surface area contributed by atoms with E-state index in [0.29, 0.717) is 0 Å². The number of nitrogens with zero attached hydrogens (tertiary/aromatic N) is 2. The van der Waals surface area contributed by atoms with Gasteiger partial charge in [0.05, 0.1) is 18.3 Å². The van der Waals surface area contributed by atoms with E-state index >= 15 is 0 Å². The molecule has 1 aromatic heterocycles. The summed E-state index contributed by atoms with van der Waals surface area (Å²) in [4.78, 5) is 0. The van der Waals surface area contributed by atoms with E-state index in [1.165, 1.54) is 12.1 Å². The van der Waals surface area contributed by atoms with Crippen molar-refractivity contribution >= 4 is 0 Å². The Labute approximate surface area is 71.0 Å². The second-order valence-electron chi connectivity index (χ2n) is 3.18. The first-order valence-corrected chi connectivity index (χ1v) is 4.24. The van der Waals surface area contributed by atoms with Crippen molar-refractivity contribution in [3.63, 3.8) is 0 Å². The van der Waals surface area contributed by atoms with E-state index in [9.17, 15) is 0 Å². The Morgan fingerprint density at radius 3 is 3.25 bits per heavy atom. The lowest BCUT2D eigenvalue weighted by Gasteiger charge is -2.02. The molecule has 0 bridgehead atoms. The maximum Gasteiger partial charge on any atom is 0.0818 e. The predicted octanol–water partition coefficient (Wildman–Crippen LogP) is -0.179. The summed E-state index contributed by atoms with van der Waals surface area (Å²) in [5.41, 5.74) is 7.69. The number of fused-ring (bicyclic) bond motifs is 1. The van der Waals surface area contributed by atoms with Crippen LogP contribution in [0.2, 0.25) is 0 Å². The number of nitrogens with two attached hydrogens (primary N) is 1. The fraction of sp³-hybridized carbons (Fsp3) is 0.625. The quantitative estimate of drug-likeness (QED) is 0.642. The minimum atomic E-state index is -0.317. The van der Waals surface area contributed by atoms with Gasteiger partial charge in [0.2, 0.25) is 0 Å². The molecule has 0 saturated carbocycles. The first-order chi connectivity index (χ1) is 5.81. The van der Waals surface area contributed by atoms with E-state index in [4.69, 9.17) is 10.8 Å². The van der Waals surface area contributed by atoms with Gasteiger partial charge in [-0.15, -0.1) is 0 Å². The molecule has 1 aromatic rings. The largest absolute Gasteiger partial charge is 0.394 e. The second kappa shape index (κ2) is 2.88. The lowest BCUT2D eigenvalue weighted by atomic mass is 10.2. The van der Waals surface area contributed by atoms with Crippen molar-refractivity contribution in [1.82, 2.24) is 9.78 Å². The molecule has 1 aliphatic rings. The van der Waals surface area contributed by atoms with Crippen LogP contribution in [0.4, 0.5) is 0 Å². The molecule has 0 spiro atoms. The molecule has 1 aliphatic heterocycles. The molecule has 1 atom stereocenters. The van der Waals surface area contributed by atoms with Crippen LogP contribution in [0.5, 0.6) is 0 Å². The van der Waals surface area contributed by atoms with Crippen LogP contribution in [0.1, 0.15) is 23.9 Å². The first kappa shape index (κ1) is 7.76.